The molecular weight excluding hydrogens is 318 g/mol. The number of carboxylic acids is 1. The van der Waals surface area contributed by atoms with E-state index in [1.54, 1.807) is 0 Å². The van der Waals surface area contributed by atoms with Crippen molar-refractivity contribution in [2.24, 2.45) is 5.92 Å². The van der Waals surface area contributed by atoms with E-state index in [1.807, 2.05) is 32.9 Å². The molecule has 2 fully saturated rings. The molecule has 25 heavy (non-hydrogen) atoms. The maximum Gasteiger partial charge on any atom is 0.328 e. The summed E-state index contributed by atoms with van der Waals surface area (Å²) in [5, 5.41) is 9.65. The van der Waals surface area contributed by atoms with Crippen LogP contribution in [0.15, 0.2) is 12.1 Å². The minimum atomic E-state index is -0.994. The SMILES string of the molecule is Cc1cc(C)c(C(=O)N2[C@@H](C(=O)O)COC23CCC(C)CC3)c(C)c1. The van der Waals surface area contributed by atoms with Crippen LogP contribution >= 0.6 is 0 Å². The summed E-state index contributed by atoms with van der Waals surface area (Å²) in [5.41, 5.74) is 2.72. The zero-order valence-electron chi connectivity index (χ0n) is 15.5. The van der Waals surface area contributed by atoms with E-state index in [4.69, 9.17) is 4.74 Å². The lowest BCUT2D eigenvalue weighted by molar-refractivity contribution is -0.143. The van der Waals surface area contributed by atoms with E-state index < -0.39 is 17.7 Å². The number of amides is 1. The van der Waals surface area contributed by atoms with Gasteiger partial charge in [0, 0.05) is 5.56 Å². The van der Waals surface area contributed by atoms with E-state index >= 15 is 0 Å². The van der Waals surface area contributed by atoms with Gasteiger partial charge in [-0.25, -0.2) is 4.79 Å². The van der Waals surface area contributed by atoms with Crippen molar-refractivity contribution in [2.45, 2.75) is 65.1 Å². The summed E-state index contributed by atoms with van der Waals surface area (Å²) in [7, 11) is 0. The normalized spacial score (nSPS) is 29.2. The molecule has 1 spiro atoms. The first-order valence-corrected chi connectivity index (χ1v) is 9.03. The Morgan fingerprint density at radius 1 is 1.16 bits per heavy atom. The summed E-state index contributed by atoms with van der Waals surface area (Å²) < 4.78 is 5.99. The van der Waals surface area contributed by atoms with E-state index in [0.717, 1.165) is 29.5 Å². The van der Waals surface area contributed by atoms with Crippen LogP contribution in [0.1, 0.15) is 59.7 Å². The molecule has 5 heteroatoms. The summed E-state index contributed by atoms with van der Waals surface area (Å²) >= 11 is 0. The van der Waals surface area contributed by atoms with Gasteiger partial charge in [0.15, 0.2) is 6.04 Å². The molecule has 1 heterocycles. The zero-order chi connectivity index (χ0) is 18.4. The molecule has 2 aliphatic rings. The summed E-state index contributed by atoms with van der Waals surface area (Å²) in [6.07, 6.45) is 3.30. The van der Waals surface area contributed by atoms with Crippen LogP contribution in [0, 0.1) is 26.7 Å². The lowest BCUT2D eigenvalue weighted by atomic mass is 9.83. The van der Waals surface area contributed by atoms with Gasteiger partial charge in [0.2, 0.25) is 0 Å². The van der Waals surface area contributed by atoms with Crippen molar-refractivity contribution in [3.63, 3.8) is 0 Å². The average molecular weight is 345 g/mol. The molecule has 1 aromatic carbocycles. The second-order valence-corrected chi connectivity index (χ2v) is 7.74. The Morgan fingerprint density at radius 3 is 2.24 bits per heavy atom. The monoisotopic (exact) mass is 345 g/mol. The molecule has 136 valence electrons. The number of carboxylic acid groups (broad SMARTS) is 1. The average Bonchev–Trinajstić information content (AvgIpc) is 2.88. The molecule has 0 unspecified atom stereocenters. The van der Waals surface area contributed by atoms with Gasteiger partial charge in [0.05, 0.1) is 6.61 Å². The number of rotatable bonds is 2. The molecule has 0 radical (unpaired) electrons. The third-order valence-corrected chi connectivity index (χ3v) is 5.71. The number of hydrogen-bond donors (Lipinski definition) is 1. The fourth-order valence-electron chi connectivity index (χ4n) is 4.41. The molecule has 1 amide bonds. The Labute approximate surface area is 149 Å². The first-order valence-electron chi connectivity index (χ1n) is 9.03. The van der Waals surface area contributed by atoms with Gasteiger partial charge in [-0.3, -0.25) is 9.69 Å². The van der Waals surface area contributed by atoms with E-state index in [-0.39, 0.29) is 12.5 Å². The second-order valence-electron chi connectivity index (χ2n) is 7.74. The summed E-state index contributed by atoms with van der Waals surface area (Å²) in [6.45, 7) is 8.08. The van der Waals surface area contributed by atoms with Crippen molar-refractivity contribution in [3.8, 4) is 0 Å². The number of nitrogens with zero attached hydrogens (tertiary/aromatic N) is 1. The summed E-state index contributed by atoms with van der Waals surface area (Å²) in [6, 6.07) is 3.03. The quantitative estimate of drug-likeness (QED) is 0.891. The van der Waals surface area contributed by atoms with E-state index in [0.29, 0.717) is 24.3 Å². The predicted molar refractivity (Wildman–Crippen MR) is 94.6 cm³/mol. The summed E-state index contributed by atoms with van der Waals surface area (Å²) in [4.78, 5) is 26.8. The van der Waals surface area contributed by atoms with Crippen LogP contribution in [0.2, 0.25) is 0 Å². The Hall–Kier alpha value is -1.88. The van der Waals surface area contributed by atoms with Crippen molar-refractivity contribution in [3.05, 3.63) is 34.4 Å². The molecule has 3 rings (SSSR count). The van der Waals surface area contributed by atoms with Gasteiger partial charge in [-0.1, -0.05) is 24.6 Å². The van der Waals surface area contributed by atoms with Crippen molar-refractivity contribution >= 4 is 11.9 Å². The number of carbonyl (C=O) groups is 2. The van der Waals surface area contributed by atoms with E-state index in [1.165, 1.54) is 4.90 Å². The minimum absolute atomic E-state index is 0.0689. The Kier molecular flexibility index (Phi) is 4.62. The highest BCUT2D eigenvalue weighted by molar-refractivity contribution is 6.00. The zero-order valence-corrected chi connectivity index (χ0v) is 15.5. The van der Waals surface area contributed by atoms with Crippen molar-refractivity contribution in [2.75, 3.05) is 6.61 Å². The highest BCUT2D eigenvalue weighted by Gasteiger charge is 2.54. The number of carbonyl (C=O) groups excluding carboxylic acids is 1. The van der Waals surface area contributed by atoms with Crippen molar-refractivity contribution < 1.29 is 19.4 Å². The van der Waals surface area contributed by atoms with Crippen LogP contribution in [-0.4, -0.2) is 40.3 Å². The first kappa shape index (κ1) is 17.9. The van der Waals surface area contributed by atoms with E-state index in [9.17, 15) is 14.7 Å². The molecule has 1 N–H and O–H groups in total. The molecule has 1 saturated heterocycles. The number of aliphatic carboxylic acids is 1. The number of hydrogen-bond acceptors (Lipinski definition) is 3. The molecule has 1 aliphatic heterocycles. The number of aryl methyl sites for hydroxylation is 3. The fourth-order valence-corrected chi connectivity index (χ4v) is 4.41. The maximum absolute atomic E-state index is 13.5. The molecule has 1 saturated carbocycles. The largest absolute Gasteiger partial charge is 0.480 e. The topological polar surface area (TPSA) is 66.8 Å². The van der Waals surface area contributed by atoms with Crippen LogP contribution in [0.3, 0.4) is 0 Å². The standard InChI is InChI=1S/C20H27NO4/c1-12-5-7-20(8-6-12)21(16(11-25-20)19(23)24)18(22)17-14(3)9-13(2)10-15(17)4/h9-10,12,16H,5-8,11H2,1-4H3,(H,23,24)/t12?,16-,20?/m1/s1. The maximum atomic E-state index is 13.5. The Bertz CT molecular complexity index is 681. The van der Waals surface area contributed by atoms with Gasteiger partial charge in [0.25, 0.3) is 5.91 Å². The van der Waals surface area contributed by atoms with Crippen LogP contribution in [0.25, 0.3) is 0 Å². The first-order chi connectivity index (χ1) is 11.7. The van der Waals surface area contributed by atoms with Crippen LogP contribution < -0.4 is 0 Å². The number of ether oxygens (including phenoxy) is 1. The van der Waals surface area contributed by atoms with Gasteiger partial charge in [-0.2, -0.15) is 0 Å². The minimum Gasteiger partial charge on any atom is -0.480 e. The number of benzene rings is 1. The van der Waals surface area contributed by atoms with Gasteiger partial charge in [-0.05, 0) is 63.5 Å². The molecule has 5 nitrogen and oxygen atoms in total. The molecule has 1 aromatic rings. The van der Waals surface area contributed by atoms with Crippen LogP contribution in [0.5, 0.6) is 0 Å². The Balaban J connectivity index is 2.03. The molecule has 0 bridgehead atoms. The Morgan fingerprint density at radius 2 is 1.72 bits per heavy atom. The van der Waals surface area contributed by atoms with Crippen molar-refractivity contribution in [1.82, 2.24) is 4.90 Å². The third kappa shape index (κ3) is 3.06. The predicted octanol–water partition coefficient (Wildman–Crippen LogP) is 3.44. The fraction of sp³-hybridized carbons (Fsp3) is 0.600. The van der Waals surface area contributed by atoms with E-state index in [2.05, 4.69) is 6.92 Å². The summed E-state index contributed by atoms with van der Waals surface area (Å²) in [5.74, 6) is -0.626. The van der Waals surface area contributed by atoms with Crippen molar-refractivity contribution in [1.29, 1.82) is 0 Å². The highest BCUT2D eigenvalue weighted by Crippen LogP contribution is 2.43. The molecule has 0 aromatic heterocycles. The lowest BCUT2D eigenvalue weighted by Gasteiger charge is -2.43. The van der Waals surface area contributed by atoms with Crippen LogP contribution in [-0.2, 0) is 9.53 Å². The molecule has 1 aliphatic carbocycles. The van der Waals surface area contributed by atoms with Gasteiger partial charge >= 0.3 is 5.97 Å². The third-order valence-electron chi connectivity index (χ3n) is 5.71. The van der Waals surface area contributed by atoms with Gasteiger partial charge < -0.3 is 9.84 Å². The van der Waals surface area contributed by atoms with Gasteiger partial charge in [0.1, 0.15) is 5.72 Å². The lowest BCUT2D eigenvalue weighted by Crippen LogP contribution is -2.55. The van der Waals surface area contributed by atoms with Crippen LogP contribution in [0.4, 0.5) is 0 Å². The highest BCUT2D eigenvalue weighted by atomic mass is 16.5. The molecular formula is C20H27NO4. The van der Waals surface area contributed by atoms with Gasteiger partial charge in [-0.15, -0.1) is 0 Å². The smallest absolute Gasteiger partial charge is 0.328 e. The second kappa shape index (κ2) is 6.45. The molecule has 1 atom stereocenters.